The number of fused-ring (bicyclic) bond motifs is 3. The van der Waals surface area contributed by atoms with Gasteiger partial charge < -0.3 is 10.1 Å². The Morgan fingerprint density at radius 1 is 1.10 bits per heavy atom. The molecule has 2 nitrogen and oxygen atoms in total. The minimum atomic E-state index is 0.109. The van der Waals surface area contributed by atoms with Crippen LogP contribution in [0.3, 0.4) is 0 Å². The molecule has 3 aromatic rings. The average molecular weight is 277 g/mol. The van der Waals surface area contributed by atoms with Crippen LogP contribution in [0.15, 0.2) is 48.5 Å². The lowest BCUT2D eigenvalue weighted by atomic mass is 9.82. The van der Waals surface area contributed by atoms with E-state index in [1.54, 1.807) is 0 Å². The van der Waals surface area contributed by atoms with Crippen LogP contribution in [-0.2, 0) is 19.4 Å². The highest BCUT2D eigenvalue weighted by molar-refractivity contribution is 5.85. The molecule has 0 fully saturated rings. The molecule has 21 heavy (non-hydrogen) atoms. The third-order valence-corrected chi connectivity index (χ3v) is 4.71. The molecule has 0 spiro atoms. The Morgan fingerprint density at radius 3 is 2.76 bits per heavy atom. The van der Waals surface area contributed by atoms with E-state index in [2.05, 4.69) is 47.4 Å². The molecule has 1 unspecified atom stereocenters. The lowest BCUT2D eigenvalue weighted by Gasteiger charge is -2.23. The fourth-order valence-corrected chi connectivity index (χ4v) is 3.57. The molecule has 0 radical (unpaired) electrons. The van der Waals surface area contributed by atoms with Gasteiger partial charge in [-0.15, -0.1) is 0 Å². The average Bonchev–Trinajstić information content (AvgIpc) is 2.92. The van der Waals surface area contributed by atoms with E-state index < -0.39 is 0 Å². The number of aliphatic hydroxyl groups is 1. The van der Waals surface area contributed by atoms with Gasteiger partial charge >= 0.3 is 0 Å². The maximum absolute atomic E-state index is 9.36. The lowest BCUT2D eigenvalue weighted by Crippen LogP contribution is -2.11. The third kappa shape index (κ3) is 2.16. The van der Waals surface area contributed by atoms with Gasteiger partial charge in [0, 0.05) is 16.6 Å². The van der Waals surface area contributed by atoms with Crippen LogP contribution in [0.25, 0.3) is 10.9 Å². The molecule has 0 amide bonds. The van der Waals surface area contributed by atoms with Crippen LogP contribution in [-0.4, -0.2) is 10.1 Å². The standard InChI is InChI=1S/C19H19NO/c21-12-13-6-8-18-16(10-13)17-11-15(7-9-19(17)20-18)14-4-2-1-3-5-14/h1-6,8,10,15,20-21H,7,9,11-12H2. The van der Waals surface area contributed by atoms with Crippen LogP contribution < -0.4 is 0 Å². The van der Waals surface area contributed by atoms with E-state index in [-0.39, 0.29) is 6.61 Å². The number of benzene rings is 2. The summed E-state index contributed by atoms with van der Waals surface area (Å²) in [5.74, 6) is 0.607. The predicted molar refractivity (Wildman–Crippen MR) is 85.4 cm³/mol. The number of hydrogen-bond donors (Lipinski definition) is 2. The summed E-state index contributed by atoms with van der Waals surface area (Å²) in [6.45, 7) is 0.109. The largest absolute Gasteiger partial charge is 0.392 e. The number of H-pyrrole nitrogens is 1. The van der Waals surface area contributed by atoms with Crippen LogP contribution in [0.4, 0.5) is 0 Å². The minimum Gasteiger partial charge on any atom is -0.392 e. The van der Waals surface area contributed by atoms with Crippen molar-refractivity contribution in [1.29, 1.82) is 0 Å². The van der Waals surface area contributed by atoms with Crippen molar-refractivity contribution in [2.24, 2.45) is 0 Å². The highest BCUT2D eigenvalue weighted by Gasteiger charge is 2.23. The van der Waals surface area contributed by atoms with E-state index in [1.165, 1.54) is 34.1 Å². The molecule has 2 N–H and O–H groups in total. The van der Waals surface area contributed by atoms with Crippen LogP contribution in [0.1, 0.15) is 34.7 Å². The molecule has 1 aliphatic carbocycles. The topological polar surface area (TPSA) is 36.0 Å². The highest BCUT2D eigenvalue weighted by Crippen LogP contribution is 2.36. The fraction of sp³-hybridized carbons (Fsp3) is 0.263. The summed E-state index contributed by atoms with van der Waals surface area (Å²) < 4.78 is 0. The van der Waals surface area contributed by atoms with Crippen molar-refractivity contribution in [3.63, 3.8) is 0 Å². The van der Waals surface area contributed by atoms with Crippen LogP contribution >= 0.6 is 0 Å². The molecule has 0 saturated heterocycles. The molecule has 1 aromatic heterocycles. The van der Waals surface area contributed by atoms with Gasteiger partial charge in [0.05, 0.1) is 6.61 Å². The van der Waals surface area contributed by atoms with Gasteiger partial charge in [0.15, 0.2) is 0 Å². The molecule has 1 heterocycles. The number of rotatable bonds is 2. The molecule has 0 aliphatic heterocycles. The molecule has 2 aromatic carbocycles. The summed E-state index contributed by atoms with van der Waals surface area (Å²) >= 11 is 0. The highest BCUT2D eigenvalue weighted by atomic mass is 16.3. The maximum Gasteiger partial charge on any atom is 0.0682 e. The summed E-state index contributed by atoms with van der Waals surface area (Å²) in [5, 5.41) is 10.6. The van der Waals surface area contributed by atoms with Crippen LogP contribution in [0.5, 0.6) is 0 Å². The van der Waals surface area contributed by atoms with Gasteiger partial charge in [-0.3, -0.25) is 0 Å². The van der Waals surface area contributed by atoms with E-state index in [0.717, 1.165) is 18.4 Å². The third-order valence-electron chi connectivity index (χ3n) is 4.71. The van der Waals surface area contributed by atoms with Crippen molar-refractivity contribution in [3.8, 4) is 0 Å². The zero-order valence-electron chi connectivity index (χ0n) is 12.0. The van der Waals surface area contributed by atoms with Gasteiger partial charge in [-0.05, 0) is 54.0 Å². The van der Waals surface area contributed by atoms with Crippen LogP contribution in [0, 0.1) is 0 Å². The minimum absolute atomic E-state index is 0.109. The predicted octanol–water partition coefficient (Wildman–Crippen LogP) is 3.93. The van der Waals surface area contributed by atoms with Gasteiger partial charge in [-0.25, -0.2) is 0 Å². The monoisotopic (exact) mass is 277 g/mol. The smallest absolute Gasteiger partial charge is 0.0682 e. The first-order valence-corrected chi connectivity index (χ1v) is 7.63. The van der Waals surface area contributed by atoms with Gasteiger partial charge in [-0.1, -0.05) is 36.4 Å². The summed E-state index contributed by atoms with van der Waals surface area (Å²) in [6, 6.07) is 17.0. The van der Waals surface area contributed by atoms with Gasteiger partial charge in [-0.2, -0.15) is 0 Å². The second kappa shape index (κ2) is 5.05. The molecule has 0 saturated carbocycles. The second-order valence-corrected chi connectivity index (χ2v) is 5.97. The van der Waals surface area contributed by atoms with E-state index >= 15 is 0 Å². The molecule has 106 valence electrons. The number of aromatic amines is 1. The number of aliphatic hydroxyl groups excluding tert-OH is 1. The summed E-state index contributed by atoms with van der Waals surface area (Å²) in [5.41, 5.74) is 6.46. The van der Waals surface area contributed by atoms with E-state index in [0.29, 0.717) is 5.92 Å². The van der Waals surface area contributed by atoms with Gasteiger partial charge in [0.1, 0.15) is 0 Å². The van der Waals surface area contributed by atoms with E-state index in [1.807, 2.05) is 6.07 Å². The molecule has 4 rings (SSSR count). The first-order chi connectivity index (χ1) is 10.3. The SMILES string of the molecule is OCc1ccc2[nH]c3c(c2c1)CC(c1ccccc1)CC3. The van der Waals surface area contributed by atoms with Gasteiger partial charge in [0.2, 0.25) is 0 Å². The van der Waals surface area contributed by atoms with Gasteiger partial charge in [0.25, 0.3) is 0 Å². The number of aryl methyl sites for hydroxylation is 1. The van der Waals surface area contributed by atoms with Crippen molar-refractivity contribution in [3.05, 3.63) is 70.9 Å². The fourth-order valence-electron chi connectivity index (χ4n) is 3.57. The van der Waals surface area contributed by atoms with Crippen molar-refractivity contribution < 1.29 is 5.11 Å². The first kappa shape index (κ1) is 12.7. The van der Waals surface area contributed by atoms with Crippen LogP contribution in [0.2, 0.25) is 0 Å². The molecule has 0 bridgehead atoms. The summed E-state index contributed by atoms with van der Waals surface area (Å²) in [4.78, 5) is 3.56. The number of hydrogen-bond acceptors (Lipinski definition) is 1. The molecule has 2 heteroatoms. The number of aromatic nitrogens is 1. The van der Waals surface area contributed by atoms with Crippen molar-refractivity contribution in [2.75, 3.05) is 0 Å². The Balaban J connectivity index is 1.76. The molecular weight excluding hydrogens is 258 g/mol. The molecular formula is C19H19NO. The van der Waals surface area contributed by atoms with E-state index in [4.69, 9.17) is 0 Å². The Morgan fingerprint density at radius 2 is 1.95 bits per heavy atom. The zero-order valence-corrected chi connectivity index (χ0v) is 12.0. The number of nitrogens with one attached hydrogen (secondary N) is 1. The van der Waals surface area contributed by atoms with Crippen molar-refractivity contribution >= 4 is 10.9 Å². The normalized spacial score (nSPS) is 17.9. The first-order valence-electron chi connectivity index (χ1n) is 7.63. The quantitative estimate of drug-likeness (QED) is 0.731. The Kier molecular flexibility index (Phi) is 3.04. The second-order valence-electron chi connectivity index (χ2n) is 5.97. The Labute approximate surface area is 124 Å². The molecule has 1 aliphatic rings. The zero-order chi connectivity index (χ0) is 14.2. The Bertz CT molecular complexity index is 773. The van der Waals surface area contributed by atoms with Crippen molar-refractivity contribution in [2.45, 2.75) is 31.8 Å². The molecule has 1 atom stereocenters. The van der Waals surface area contributed by atoms with Crippen molar-refractivity contribution in [1.82, 2.24) is 4.98 Å². The van der Waals surface area contributed by atoms with E-state index in [9.17, 15) is 5.11 Å². The summed E-state index contributed by atoms with van der Waals surface area (Å²) in [7, 11) is 0. The maximum atomic E-state index is 9.36. The lowest BCUT2D eigenvalue weighted by molar-refractivity contribution is 0.282. The Hall–Kier alpha value is -2.06. The summed E-state index contributed by atoms with van der Waals surface area (Å²) in [6.07, 6.45) is 3.41.